The molecule has 0 amide bonds. The van der Waals surface area contributed by atoms with Gasteiger partial charge in [-0.2, -0.15) is 0 Å². The lowest BCUT2D eigenvalue weighted by molar-refractivity contribution is -0.147. The van der Waals surface area contributed by atoms with E-state index in [4.69, 9.17) is 19.9 Å². The van der Waals surface area contributed by atoms with E-state index in [1.54, 1.807) is 7.11 Å². The van der Waals surface area contributed by atoms with Gasteiger partial charge in [-0.05, 0) is 18.8 Å². The number of hydrogen-bond donors (Lipinski definition) is 1. The highest BCUT2D eigenvalue weighted by Crippen LogP contribution is 2.03. The van der Waals surface area contributed by atoms with Gasteiger partial charge < -0.3 is 19.9 Å². The summed E-state index contributed by atoms with van der Waals surface area (Å²) in [6, 6.07) is -0.525. The van der Waals surface area contributed by atoms with E-state index < -0.39 is 6.04 Å². The maximum atomic E-state index is 11.4. The number of methoxy groups -OCH3 is 1. The first-order chi connectivity index (χ1) is 8.07. The zero-order chi connectivity index (χ0) is 13.1. The first-order valence-corrected chi connectivity index (χ1v) is 6.06. The van der Waals surface area contributed by atoms with Crippen LogP contribution in [0.4, 0.5) is 0 Å². The van der Waals surface area contributed by atoms with E-state index in [-0.39, 0.29) is 12.6 Å². The van der Waals surface area contributed by atoms with Crippen LogP contribution < -0.4 is 5.73 Å². The van der Waals surface area contributed by atoms with E-state index >= 15 is 0 Å². The molecule has 0 aromatic heterocycles. The normalized spacial score (nSPS) is 12.8. The summed E-state index contributed by atoms with van der Waals surface area (Å²) in [4.78, 5) is 11.4. The molecule has 0 aromatic rings. The van der Waals surface area contributed by atoms with Crippen molar-refractivity contribution in [2.45, 2.75) is 32.7 Å². The Morgan fingerprint density at radius 1 is 1.18 bits per heavy atom. The molecule has 1 atom stereocenters. The molecular formula is C12H25NO4. The van der Waals surface area contributed by atoms with Gasteiger partial charge in [0.05, 0.1) is 6.61 Å². The van der Waals surface area contributed by atoms with Crippen LogP contribution in [0.5, 0.6) is 0 Å². The van der Waals surface area contributed by atoms with Crippen molar-refractivity contribution in [3.05, 3.63) is 0 Å². The topological polar surface area (TPSA) is 70.8 Å². The molecule has 0 aliphatic heterocycles. The van der Waals surface area contributed by atoms with Crippen LogP contribution >= 0.6 is 0 Å². The second kappa shape index (κ2) is 10.5. The molecule has 0 aliphatic rings. The average molecular weight is 247 g/mol. The minimum atomic E-state index is -0.525. The van der Waals surface area contributed by atoms with Crippen LogP contribution in [0, 0.1) is 5.92 Å². The lowest BCUT2D eigenvalue weighted by atomic mass is 10.1. The van der Waals surface area contributed by atoms with Crippen molar-refractivity contribution in [3.63, 3.8) is 0 Å². The Labute approximate surface area is 104 Å². The molecule has 5 heteroatoms. The van der Waals surface area contributed by atoms with E-state index in [2.05, 4.69) is 0 Å². The van der Waals surface area contributed by atoms with E-state index in [1.165, 1.54) is 0 Å². The van der Waals surface area contributed by atoms with Crippen LogP contribution in [0.3, 0.4) is 0 Å². The molecule has 0 saturated carbocycles. The fourth-order valence-electron chi connectivity index (χ4n) is 1.32. The third-order valence-electron chi connectivity index (χ3n) is 2.14. The minimum absolute atomic E-state index is 0.262. The fourth-order valence-corrected chi connectivity index (χ4v) is 1.32. The summed E-state index contributed by atoms with van der Waals surface area (Å²) in [6.45, 7) is 6.00. The molecule has 0 spiro atoms. The maximum Gasteiger partial charge on any atom is 0.322 e. The smallest absolute Gasteiger partial charge is 0.322 e. The van der Waals surface area contributed by atoms with Gasteiger partial charge in [-0.3, -0.25) is 4.79 Å². The molecule has 0 rings (SSSR count). The summed E-state index contributed by atoms with van der Waals surface area (Å²) < 4.78 is 15.1. The Bertz CT molecular complexity index is 197. The van der Waals surface area contributed by atoms with E-state index in [9.17, 15) is 4.79 Å². The highest BCUT2D eigenvalue weighted by molar-refractivity contribution is 5.75. The number of esters is 1. The Hall–Kier alpha value is -0.650. The molecule has 0 bridgehead atoms. The molecule has 0 saturated heterocycles. The van der Waals surface area contributed by atoms with Gasteiger partial charge in [0.2, 0.25) is 0 Å². The lowest BCUT2D eigenvalue weighted by Gasteiger charge is -2.13. The van der Waals surface area contributed by atoms with Crippen molar-refractivity contribution in [1.29, 1.82) is 0 Å². The van der Waals surface area contributed by atoms with Gasteiger partial charge >= 0.3 is 5.97 Å². The van der Waals surface area contributed by atoms with Crippen LogP contribution in [0.1, 0.15) is 26.7 Å². The maximum absolute atomic E-state index is 11.4. The van der Waals surface area contributed by atoms with Crippen molar-refractivity contribution < 1.29 is 19.0 Å². The Morgan fingerprint density at radius 3 is 2.47 bits per heavy atom. The zero-order valence-corrected chi connectivity index (χ0v) is 11.1. The fraction of sp³-hybridized carbons (Fsp3) is 0.917. The summed E-state index contributed by atoms with van der Waals surface area (Å²) in [5.41, 5.74) is 5.67. The second-order valence-electron chi connectivity index (χ2n) is 4.36. The Morgan fingerprint density at radius 2 is 1.88 bits per heavy atom. The number of carbonyl (C=O) groups excluding carboxylic acids is 1. The predicted octanol–water partition coefficient (Wildman–Crippen LogP) is 0.956. The molecule has 17 heavy (non-hydrogen) atoms. The summed E-state index contributed by atoms with van der Waals surface area (Å²) in [6.07, 6.45) is 1.49. The molecule has 0 aliphatic carbocycles. The van der Waals surface area contributed by atoms with Gasteiger partial charge in [0.15, 0.2) is 0 Å². The van der Waals surface area contributed by atoms with Gasteiger partial charge in [-0.1, -0.05) is 13.8 Å². The molecular weight excluding hydrogens is 222 g/mol. The minimum Gasteiger partial charge on any atom is -0.462 e. The van der Waals surface area contributed by atoms with Crippen LogP contribution in [0.15, 0.2) is 0 Å². The first kappa shape index (κ1) is 16.4. The molecule has 2 N–H and O–H groups in total. The van der Waals surface area contributed by atoms with Crippen molar-refractivity contribution in [2.75, 3.05) is 33.5 Å². The SMILES string of the molecule is COCCCOCCOC(=O)C(N)CC(C)C. The summed E-state index contributed by atoms with van der Waals surface area (Å²) >= 11 is 0. The van der Waals surface area contributed by atoms with Crippen LogP contribution in [0.25, 0.3) is 0 Å². The highest BCUT2D eigenvalue weighted by Gasteiger charge is 2.15. The van der Waals surface area contributed by atoms with Gasteiger partial charge in [-0.25, -0.2) is 0 Å². The van der Waals surface area contributed by atoms with Crippen molar-refractivity contribution >= 4 is 5.97 Å². The number of hydrogen-bond acceptors (Lipinski definition) is 5. The molecule has 0 radical (unpaired) electrons. The van der Waals surface area contributed by atoms with E-state index in [0.29, 0.717) is 32.2 Å². The number of ether oxygens (including phenoxy) is 3. The summed E-state index contributed by atoms with van der Waals surface area (Å²) in [5.74, 6) is 0.0436. The summed E-state index contributed by atoms with van der Waals surface area (Å²) in [7, 11) is 1.65. The van der Waals surface area contributed by atoms with Crippen molar-refractivity contribution in [1.82, 2.24) is 0 Å². The molecule has 0 heterocycles. The third kappa shape index (κ3) is 10.2. The molecule has 102 valence electrons. The zero-order valence-electron chi connectivity index (χ0n) is 11.1. The standard InChI is InChI=1S/C12H25NO4/c1-10(2)9-11(13)12(14)17-8-7-16-6-4-5-15-3/h10-11H,4-9,13H2,1-3H3. The highest BCUT2D eigenvalue weighted by atomic mass is 16.6. The van der Waals surface area contributed by atoms with Crippen molar-refractivity contribution in [3.8, 4) is 0 Å². The number of nitrogens with two attached hydrogens (primary N) is 1. The van der Waals surface area contributed by atoms with Crippen LogP contribution in [0.2, 0.25) is 0 Å². The predicted molar refractivity (Wildman–Crippen MR) is 65.7 cm³/mol. The van der Waals surface area contributed by atoms with Gasteiger partial charge in [-0.15, -0.1) is 0 Å². The lowest BCUT2D eigenvalue weighted by Crippen LogP contribution is -2.34. The van der Waals surface area contributed by atoms with Gasteiger partial charge in [0, 0.05) is 20.3 Å². The largest absolute Gasteiger partial charge is 0.462 e. The molecule has 0 fully saturated rings. The quantitative estimate of drug-likeness (QED) is 0.460. The monoisotopic (exact) mass is 247 g/mol. The molecule has 5 nitrogen and oxygen atoms in total. The second-order valence-corrected chi connectivity index (χ2v) is 4.36. The molecule has 1 unspecified atom stereocenters. The average Bonchev–Trinajstić information content (AvgIpc) is 2.26. The first-order valence-electron chi connectivity index (χ1n) is 6.06. The summed E-state index contributed by atoms with van der Waals surface area (Å²) in [5, 5.41) is 0. The van der Waals surface area contributed by atoms with Gasteiger partial charge in [0.1, 0.15) is 12.6 Å². The van der Waals surface area contributed by atoms with Crippen LogP contribution in [-0.2, 0) is 19.0 Å². The third-order valence-corrected chi connectivity index (χ3v) is 2.14. The van der Waals surface area contributed by atoms with E-state index in [1.807, 2.05) is 13.8 Å². The number of carbonyl (C=O) groups is 1. The molecule has 0 aromatic carbocycles. The van der Waals surface area contributed by atoms with Crippen molar-refractivity contribution in [2.24, 2.45) is 11.7 Å². The Kier molecular flexibility index (Phi) is 10.1. The van der Waals surface area contributed by atoms with Gasteiger partial charge in [0.25, 0.3) is 0 Å². The van der Waals surface area contributed by atoms with Crippen LogP contribution in [-0.4, -0.2) is 45.5 Å². The number of rotatable bonds is 10. The Balaban J connectivity index is 3.38. The van der Waals surface area contributed by atoms with E-state index in [0.717, 1.165) is 6.42 Å².